The molecule has 3 aromatic rings. The highest BCUT2D eigenvalue weighted by atomic mass is 31.2. The van der Waals surface area contributed by atoms with Gasteiger partial charge in [-0.05, 0) is 54.2 Å². The minimum atomic E-state index is -3.89. The van der Waals surface area contributed by atoms with Crippen LogP contribution in [0.4, 0.5) is 0 Å². The highest BCUT2D eigenvalue weighted by Gasteiger charge is 2.33. The summed E-state index contributed by atoms with van der Waals surface area (Å²) in [5.41, 5.74) is 0.336. The lowest BCUT2D eigenvalue weighted by Gasteiger charge is -2.21. The number of phosphoric ester groups is 1. The largest absolute Gasteiger partial charge is 0.647 e. The molecule has 3 aromatic carbocycles. The Morgan fingerprint density at radius 1 is 0.730 bits per heavy atom. The fourth-order valence-corrected chi connectivity index (χ4v) is 4.72. The molecule has 0 aliphatic rings. The van der Waals surface area contributed by atoms with E-state index in [4.69, 9.17) is 18.1 Å². The Kier molecular flexibility index (Phi) is 17.2. The first-order chi connectivity index (χ1) is 17.2. The molecular weight excluding hydrogens is 506 g/mol. The number of para-hydroxylation sites is 3. The number of phosphoric acid groups is 1. The molecule has 0 aromatic heterocycles. The van der Waals surface area contributed by atoms with Crippen molar-refractivity contribution in [3.63, 3.8) is 0 Å². The smallest absolute Gasteiger partial charge is 0.386 e. The maximum atomic E-state index is 13.1. The SMILES string of the molecule is C.CC.CC(COP=O)CC(C)(C)C.O=P(Oc1ccccc1)(Oc1ccccc1)Oc1ccccc1. The molecule has 37 heavy (non-hydrogen) atoms. The van der Waals surface area contributed by atoms with Crippen molar-refractivity contribution in [3.05, 3.63) is 91.0 Å². The molecule has 0 saturated carbocycles. The van der Waals surface area contributed by atoms with Gasteiger partial charge in [0.15, 0.2) is 0 Å². The zero-order chi connectivity index (χ0) is 26.9. The van der Waals surface area contributed by atoms with Crippen LogP contribution in [0.2, 0.25) is 0 Å². The summed E-state index contributed by atoms with van der Waals surface area (Å²) < 4.78 is 44.3. The van der Waals surface area contributed by atoms with Crippen molar-refractivity contribution in [2.75, 3.05) is 6.61 Å². The van der Waals surface area contributed by atoms with E-state index in [0.29, 0.717) is 35.2 Å². The minimum Gasteiger partial charge on any atom is -0.386 e. The molecule has 0 bridgehead atoms. The molecule has 204 valence electrons. The van der Waals surface area contributed by atoms with E-state index in [-0.39, 0.29) is 16.1 Å². The molecule has 1 unspecified atom stereocenters. The summed E-state index contributed by atoms with van der Waals surface area (Å²) in [6.45, 7) is 13.3. The van der Waals surface area contributed by atoms with E-state index in [9.17, 15) is 9.13 Å². The summed E-state index contributed by atoms with van der Waals surface area (Å²) in [5, 5.41) is 0. The van der Waals surface area contributed by atoms with Crippen molar-refractivity contribution in [1.29, 1.82) is 0 Å². The van der Waals surface area contributed by atoms with Crippen molar-refractivity contribution < 1.29 is 27.2 Å². The quantitative estimate of drug-likeness (QED) is 0.235. The van der Waals surface area contributed by atoms with E-state index >= 15 is 0 Å². The molecule has 1 atom stereocenters. The molecule has 0 aliphatic heterocycles. The van der Waals surface area contributed by atoms with Gasteiger partial charge in [-0.25, -0.2) is 4.57 Å². The lowest BCUT2D eigenvalue weighted by molar-refractivity contribution is 0.220. The van der Waals surface area contributed by atoms with Gasteiger partial charge in [0.25, 0.3) is 0 Å². The van der Waals surface area contributed by atoms with Crippen LogP contribution < -0.4 is 13.6 Å². The second-order valence-electron chi connectivity index (χ2n) is 8.90. The minimum absolute atomic E-state index is 0. The van der Waals surface area contributed by atoms with Crippen molar-refractivity contribution in [2.45, 2.75) is 55.4 Å². The zero-order valence-electron chi connectivity index (χ0n) is 22.0. The van der Waals surface area contributed by atoms with E-state index < -0.39 is 7.82 Å². The Balaban J connectivity index is 0.000000792. The number of rotatable bonds is 10. The number of hydrogen-bond acceptors (Lipinski definition) is 6. The first kappa shape index (κ1) is 34.4. The van der Waals surface area contributed by atoms with E-state index in [0.717, 1.165) is 6.42 Å². The Hall–Kier alpha value is -2.65. The third kappa shape index (κ3) is 15.9. The molecule has 6 nitrogen and oxygen atoms in total. The average Bonchev–Trinajstić information content (AvgIpc) is 2.85. The van der Waals surface area contributed by atoms with Gasteiger partial charge >= 0.3 is 16.5 Å². The van der Waals surface area contributed by atoms with Crippen LogP contribution in [0.5, 0.6) is 17.2 Å². The Morgan fingerprint density at radius 2 is 1.05 bits per heavy atom. The lowest BCUT2D eigenvalue weighted by atomic mass is 9.86. The molecule has 0 fully saturated rings. The van der Waals surface area contributed by atoms with Gasteiger partial charge in [0.1, 0.15) is 17.2 Å². The summed E-state index contributed by atoms with van der Waals surface area (Å²) in [6, 6.07) is 26.4. The van der Waals surface area contributed by atoms with Gasteiger partial charge in [-0.15, -0.1) is 0 Å². The molecule has 3 rings (SSSR count). The van der Waals surface area contributed by atoms with Gasteiger partial charge in [0, 0.05) is 0 Å². The van der Waals surface area contributed by atoms with Crippen LogP contribution >= 0.6 is 16.5 Å². The summed E-state index contributed by atoms with van der Waals surface area (Å²) >= 11 is 0. The standard InChI is InChI=1S/C18H15O4P.C8H17O2P.C2H6.CH4/c19-23(20-16-10-4-1-5-11-16,21-17-12-6-2-7-13-17)22-18-14-8-3-9-15-18;1-7(6-10-11-9)5-8(2,3)4;1-2;/h1-15H;7H,5-6H2,1-4H3;1-2H3;1H4. The fourth-order valence-electron chi connectivity index (χ4n) is 3.15. The number of hydrogen-bond donors (Lipinski definition) is 0. The van der Waals surface area contributed by atoms with Gasteiger partial charge in [0.2, 0.25) is 0 Å². The average molecular weight is 549 g/mol. The van der Waals surface area contributed by atoms with E-state index in [1.807, 2.05) is 32.0 Å². The normalized spacial score (nSPS) is 11.4. The molecule has 0 N–H and O–H groups in total. The Morgan fingerprint density at radius 3 is 1.32 bits per heavy atom. The summed E-state index contributed by atoms with van der Waals surface area (Å²) in [5.74, 6) is 1.70. The molecule has 0 amide bonds. The van der Waals surface area contributed by atoms with Crippen LogP contribution in [0, 0.1) is 11.3 Å². The second kappa shape index (κ2) is 18.6. The molecule has 0 radical (unpaired) electrons. The van der Waals surface area contributed by atoms with E-state index in [1.54, 1.807) is 72.8 Å². The first-order valence-corrected chi connectivity index (χ1v) is 14.2. The molecular formula is C29H42O6P2. The van der Waals surface area contributed by atoms with Gasteiger partial charge in [0.05, 0.1) is 6.61 Å². The van der Waals surface area contributed by atoms with E-state index in [2.05, 4.69) is 27.7 Å². The Labute approximate surface area is 225 Å². The maximum Gasteiger partial charge on any atom is 0.647 e. The molecule has 0 aliphatic carbocycles. The lowest BCUT2D eigenvalue weighted by Crippen LogP contribution is -2.13. The van der Waals surface area contributed by atoms with Crippen molar-refractivity contribution in [1.82, 2.24) is 0 Å². The van der Waals surface area contributed by atoms with Crippen LogP contribution in [0.15, 0.2) is 91.0 Å². The third-order valence-electron chi connectivity index (χ3n) is 4.25. The molecule has 0 heterocycles. The molecule has 8 heteroatoms. The van der Waals surface area contributed by atoms with Gasteiger partial charge in [-0.3, -0.25) is 4.52 Å². The predicted molar refractivity (Wildman–Crippen MR) is 154 cm³/mol. The van der Waals surface area contributed by atoms with Gasteiger partial charge < -0.3 is 13.6 Å². The Bertz CT molecular complexity index is 901. The monoisotopic (exact) mass is 548 g/mol. The van der Waals surface area contributed by atoms with Crippen molar-refractivity contribution in [2.24, 2.45) is 11.3 Å². The second-order valence-corrected chi connectivity index (χ2v) is 10.7. The first-order valence-electron chi connectivity index (χ1n) is 12.0. The van der Waals surface area contributed by atoms with Crippen LogP contribution in [0.1, 0.15) is 55.4 Å². The van der Waals surface area contributed by atoms with Crippen LogP contribution in [-0.4, -0.2) is 6.61 Å². The molecule has 0 spiro atoms. The fraction of sp³-hybridized carbons (Fsp3) is 0.379. The summed E-state index contributed by atoms with van der Waals surface area (Å²) in [7, 11) is -4.09. The maximum absolute atomic E-state index is 13.1. The summed E-state index contributed by atoms with van der Waals surface area (Å²) in [4.78, 5) is 0. The zero-order valence-corrected chi connectivity index (χ0v) is 23.8. The molecule has 0 saturated heterocycles. The van der Waals surface area contributed by atoms with Crippen molar-refractivity contribution >= 4 is 16.5 Å². The van der Waals surface area contributed by atoms with Gasteiger partial charge in [-0.1, -0.05) is 104 Å². The van der Waals surface area contributed by atoms with Gasteiger partial charge in [-0.2, -0.15) is 4.57 Å². The van der Waals surface area contributed by atoms with E-state index in [1.165, 1.54) is 0 Å². The highest BCUT2D eigenvalue weighted by Crippen LogP contribution is 2.49. The third-order valence-corrected chi connectivity index (χ3v) is 5.81. The van der Waals surface area contributed by atoms with Crippen molar-refractivity contribution in [3.8, 4) is 17.2 Å². The summed E-state index contributed by atoms with van der Waals surface area (Å²) in [6.07, 6.45) is 1.10. The highest BCUT2D eigenvalue weighted by molar-refractivity contribution is 7.49. The predicted octanol–water partition coefficient (Wildman–Crippen LogP) is 10.3. The van der Waals surface area contributed by atoms with Crippen LogP contribution in [-0.2, 0) is 13.7 Å². The topological polar surface area (TPSA) is 71.1 Å². The number of benzene rings is 3. The van der Waals surface area contributed by atoms with Crippen LogP contribution in [0.3, 0.4) is 0 Å². The van der Waals surface area contributed by atoms with Crippen LogP contribution in [0.25, 0.3) is 0 Å².